The van der Waals surface area contributed by atoms with Gasteiger partial charge >= 0.3 is 11.8 Å². The summed E-state index contributed by atoms with van der Waals surface area (Å²) in [7, 11) is 0. The Bertz CT molecular complexity index is 333. The van der Waals surface area contributed by atoms with Crippen molar-refractivity contribution < 1.29 is 9.59 Å². The number of carbonyl (C=O) groups is 2. The summed E-state index contributed by atoms with van der Waals surface area (Å²) in [4.78, 5) is 25.3. The van der Waals surface area contributed by atoms with Crippen LogP contribution < -0.4 is 11.1 Å². The van der Waals surface area contributed by atoms with E-state index in [0.29, 0.717) is 19.0 Å². The molecule has 0 radical (unpaired) electrons. The minimum absolute atomic E-state index is 0.0747. The molecule has 5 nitrogen and oxygen atoms in total. The first-order valence-corrected chi connectivity index (χ1v) is 6.80. The summed E-state index contributed by atoms with van der Waals surface area (Å²) in [6, 6.07) is 0. The van der Waals surface area contributed by atoms with Crippen molar-refractivity contribution in [3.63, 3.8) is 0 Å². The molecule has 1 aliphatic heterocycles. The maximum absolute atomic E-state index is 11.9. The summed E-state index contributed by atoms with van der Waals surface area (Å²) in [6.07, 6.45) is 4.21. The molecule has 1 rings (SSSR count). The Labute approximate surface area is 113 Å². The van der Waals surface area contributed by atoms with Gasteiger partial charge in [-0.1, -0.05) is 25.6 Å². The lowest BCUT2D eigenvalue weighted by Gasteiger charge is -2.19. The second-order valence-electron chi connectivity index (χ2n) is 4.65. The smallest absolute Gasteiger partial charge is 0.311 e. The number of hydrogen-bond acceptors (Lipinski definition) is 3. The van der Waals surface area contributed by atoms with Gasteiger partial charge < -0.3 is 16.0 Å². The molecular formula is C12H21N3O2S. The fourth-order valence-electron chi connectivity index (χ4n) is 2.16. The molecule has 1 aliphatic rings. The van der Waals surface area contributed by atoms with Crippen molar-refractivity contribution in [2.45, 2.75) is 32.6 Å². The van der Waals surface area contributed by atoms with E-state index in [4.69, 9.17) is 5.73 Å². The molecule has 1 heterocycles. The minimum Gasteiger partial charge on any atom is -0.392 e. The lowest BCUT2D eigenvalue weighted by molar-refractivity contribution is -0.145. The highest BCUT2D eigenvalue weighted by Crippen LogP contribution is 2.20. The summed E-state index contributed by atoms with van der Waals surface area (Å²) in [5, 5.41) is 2.43. The van der Waals surface area contributed by atoms with Crippen molar-refractivity contribution in [2.24, 2.45) is 11.7 Å². The number of carbonyl (C=O) groups excluding carboxylic acids is 2. The summed E-state index contributed by atoms with van der Waals surface area (Å²) in [6.45, 7) is 3.57. The van der Waals surface area contributed by atoms with Crippen LogP contribution in [-0.4, -0.2) is 41.3 Å². The summed E-state index contributed by atoms with van der Waals surface area (Å²) >= 11 is 4.65. The van der Waals surface area contributed by atoms with Crippen LogP contribution in [0, 0.1) is 5.92 Å². The van der Waals surface area contributed by atoms with Crippen LogP contribution in [0.15, 0.2) is 0 Å². The minimum atomic E-state index is -0.613. The molecule has 0 saturated carbocycles. The third kappa shape index (κ3) is 4.60. The lowest BCUT2D eigenvalue weighted by Crippen LogP contribution is -2.45. The highest BCUT2D eigenvalue weighted by molar-refractivity contribution is 7.80. The first-order chi connectivity index (χ1) is 8.54. The third-order valence-corrected chi connectivity index (χ3v) is 3.47. The van der Waals surface area contributed by atoms with E-state index in [0.717, 1.165) is 25.7 Å². The van der Waals surface area contributed by atoms with Crippen molar-refractivity contribution >= 4 is 29.0 Å². The zero-order valence-electron chi connectivity index (χ0n) is 10.8. The van der Waals surface area contributed by atoms with Crippen molar-refractivity contribution in [3.05, 3.63) is 0 Å². The van der Waals surface area contributed by atoms with Crippen LogP contribution in [0.3, 0.4) is 0 Å². The molecule has 2 amide bonds. The number of amides is 2. The number of nitrogens with two attached hydrogens (primary N) is 1. The number of thiocarbonyl (C=S) groups is 1. The normalized spacial score (nSPS) is 20.1. The molecule has 0 aromatic heterocycles. The zero-order valence-corrected chi connectivity index (χ0v) is 11.6. The first-order valence-electron chi connectivity index (χ1n) is 6.40. The maximum Gasteiger partial charge on any atom is 0.311 e. The third-order valence-electron chi connectivity index (χ3n) is 3.33. The molecular weight excluding hydrogens is 250 g/mol. The van der Waals surface area contributed by atoms with Gasteiger partial charge in [-0.3, -0.25) is 9.59 Å². The van der Waals surface area contributed by atoms with Gasteiger partial charge in [0.25, 0.3) is 0 Å². The van der Waals surface area contributed by atoms with Gasteiger partial charge in [-0.05, 0) is 25.2 Å². The van der Waals surface area contributed by atoms with Crippen molar-refractivity contribution in [1.29, 1.82) is 0 Å². The van der Waals surface area contributed by atoms with Gasteiger partial charge in [0.1, 0.15) is 0 Å². The lowest BCUT2D eigenvalue weighted by atomic mass is 9.98. The molecule has 1 atom stereocenters. The van der Waals surface area contributed by atoms with Gasteiger partial charge in [0.15, 0.2) is 0 Å². The standard InChI is InChI=1S/C12H21N3O2S/c1-2-9-4-3-6-15(7-5-9)12(17)11(16)14-8-10(13)18/h9H,2-8H2,1H3,(H2,13,18)(H,14,16). The molecule has 102 valence electrons. The molecule has 1 unspecified atom stereocenters. The van der Waals surface area contributed by atoms with Gasteiger partial charge in [0.2, 0.25) is 0 Å². The topological polar surface area (TPSA) is 75.4 Å². The number of rotatable bonds is 3. The van der Waals surface area contributed by atoms with Gasteiger partial charge in [-0.25, -0.2) is 0 Å². The Morgan fingerprint density at radius 3 is 2.72 bits per heavy atom. The van der Waals surface area contributed by atoms with Crippen LogP contribution in [0.5, 0.6) is 0 Å². The second kappa shape index (κ2) is 7.31. The number of nitrogens with one attached hydrogen (secondary N) is 1. The van der Waals surface area contributed by atoms with Gasteiger partial charge in [0, 0.05) is 13.1 Å². The largest absolute Gasteiger partial charge is 0.392 e. The SMILES string of the molecule is CCC1CCCN(C(=O)C(=O)NCC(N)=S)CC1. The van der Waals surface area contributed by atoms with Gasteiger partial charge in [0.05, 0.1) is 11.5 Å². The van der Waals surface area contributed by atoms with Crippen molar-refractivity contribution in [3.8, 4) is 0 Å². The average Bonchev–Trinajstić information content (AvgIpc) is 2.60. The second-order valence-corrected chi connectivity index (χ2v) is 5.17. The Morgan fingerprint density at radius 2 is 2.11 bits per heavy atom. The van der Waals surface area contributed by atoms with E-state index in [2.05, 4.69) is 24.5 Å². The molecule has 6 heteroatoms. The quantitative estimate of drug-likeness (QED) is 0.576. The van der Waals surface area contributed by atoms with Crippen molar-refractivity contribution in [2.75, 3.05) is 19.6 Å². The van der Waals surface area contributed by atoms with E-state index in [-0.39, 0.29) is 11.5 Å². The summed E-state index contributed by atoms with van der Waals surface area (Å²) in [5.41, 5.74) is 5.27. The summed E-state index contributed by atoms with van der Waals surface area (Å²) in [5.74, 6) is -0.414. The van der Waals surface area contributed by atoms with Gasteiger partial charge in [-0.2, -0.15) is 0 Å². The van der Waals surface area contributed by atoms with Crippen LogP contribution >= 0.6 is 12.2 Å². The Kier molecular flexibility index (Phi) is 6.04. The number of hydrogen-bond donors (Lipinski definition) is 2. The first kappa shape index (κ1) is 14.9. The zero-order chi connectivity index (χ0) is 13.5. The molecule has 0 spiro atoms. The molecule has 0 aliphatic carbocycles. The Balaban J connectivity index is 2.45. The predicted molar refractivity (Wildman–Crippen MR) is 74.0 cm³/mol. The number of nitrogens with zero attached hydrogens (tertiary/aromatic N) is 1. The Hall–Kier alpha value is -1.17. The molecule has 18 heavy (non-hydrogen) atoms. The fraction of sp³-hybridized carbons (Fsp3) is 0.750. The van der Waals surface area contributed by atoms with Crippen LogP contribution in [0.4, 0.5) is 0 Å². The van der Waals surface area contributed by atoms with Crippen LogP contribution in [0.2, 0.25) is 0 Å². The van der Waals surface area contributed by atoms with Crippen LogP contribution in [-0.2, 0) is 9.59 Å². The molecule has 0 aromatic carbocycles. The van der Waals surface area contributed by atoms with E-state index < -0.39 is 11.8 Å². The van der Waals surface area contributed by atoms with Crippen molar-refractivity contribution in [1.82, 2.24) is 10.2 Å². The molecule has 0 aromatic rings. The van der Waals surface area contributed by atoms with E-state index in [9.17, 15) is 9.59 Å². The van der Waals surface area contributed by atoms with E-state index in [1.165, 1.54) is 0 Å². The van der Waals surface area contributed by atoms with E-state index >= 15 is 0 Å². The van der Waals surface area contributed by atoms with E-state index in [1.54, 1.807) is 4.90 Å². The van der Waals surface area contributed by atoms with Crippen LogP contribution in [0.25, 0.3) is 0 Å². The highest BCUT2D eigenvalue weighted by atomic mass is 32.1. The predicted octanol–water partition coefficient (Wildman–Crippen LogP) is 0.427. The Morgan fingerprint density at radius 1 is 1.39 bits per heavy atom. The molecule has 3 N–H and O–H groups in total. The average molecular weight is 271 g/mol. The number of likely N-dealkylation sites (tertiary alicyclic amines) is 1. The molecule has 0 bridgehead atoms. The molecule has 1 fully saturated rings. The highest BCUT2D eigenvalue weighted by Gasteiger charge is 2.24. The fourth-order valence-corrected chi connectivity index (χ4v) is 2.24. The van der Waals surface area contributed by atoms with Gasteiger partial charge in [-0.15, -0.1) is 0 Å². The van der Waals surface area contributed by atoms with Crippen LogP contribution in [0.1, 0.15) is 32.6 Å². The molecule has 1 saturated heterocycles. The summed E-state index contributed by atoms with van der Waals surface area (Å²) < 4.78 is 0. The monoisotopic (exact) mass is 271 g/mol. The van der Waals surface area contributed by atoms with E-state index in [1.807, 2.05) is 0 Å². The maximum atomic E-state index is 11.9.